The highest BCUT2D eigenvalue weighted by Crippen LogP contribution is 2.28. The number of carbonyl (C=O) groups excluding carboxylic acids is 1. The first-order chi connectivity index (χ1) is 18.7. The predicted octanol–water partition coefficient (Wildman–Crippen LogP) is 4.37. The van der Waals surface area contributed by atoms with E-state index in [0.29, 0.717) is 16.4 Å². The van der Waals surface area contributed by atoms with Crippen LogP contribution in [0.4, 0.5) is 0 Å². The number of H-pyrrole nitrogens is 1. The molecule has 0 amide bonds. The van der Waals surface area contributed by atoms with Crippen molar-refractivity contribution in [2.45, 2.75) is 18.2 Å². The van der Waals surface area contributed by atoms with Crippen LogP contribution in [0.1, 0.15) is 28.5 Å². The highest BCUT2D eigenvalue weighted by molar-refractivity contribution is 7.89. The van der Waals surface area contributed by atoms with Crippen molar-refractivity contribution in [3.63, 3.8) is 0 Å². The van der Waals surface area contributed by atoms with Gasteiger partial charge in [0.05, 0.1) is 17.2 Å². The molecular formula is C28H24N4O5S2. The van der Waals surface area contributed by atoms with E-state index >= 15 is 0 Å². The van der Waals surface area contributed by atoms with Crippen LogP contribution in [0.25, 0.3) is 27.5 Å². The van der Waals surface area contributed by atoms with Crippen molar-refractivity contribution in [2.24, 2.45) is 5.14 Å². The van der Waals surface area contributed by atoms with Gasteiger partial charge in [0.1, 0.15) is 0 Å². The van der Waals surface area contributed by atoms with E-state index < -0.39 is 16.0 Å². The van der Waals surface area contributed by atoms with Crippen molar-refractivity contribution in [1.29, 1.82) is 0 Å². The number of aromatic nitrogens is 3. The van der Waals surface area contributed by atoms with Crippen LogP contribution >= 0.6 is 11.3 Å². The first-order valence-corrected chi connectivity index (χ1v) is 14.4. The maximum Gasteiger partial charge on any atom is 0.357 e. The molecule has 0 atom stereocenters. The molecule has 0 saturated heterocycles. The van der Waals surface area contributed by atoms with Crippen molar-refractivity contribution < 1.29 is 17.9 Å². The topological polar surface area (TPSA) is 137 Å². The molecule has 2 aromatic heterocycles. The van der Waals surface area contributed by atoms with Crippen molar-refractivity contribution in [3.8, 4) is 27.5 Å². The van der Waals surface area contributed by atoms with Gasteiger partial charge in [-0.25, -0.2) is 23.3 Å². The summed E-state index contributed by atoms with van der Waals surface area (Å²) in [6.45, 7) is 1.92. The first kappa shape index (κ1) is 26.3. The Balaban J connectivity index is 1.61. The number of esters is 1. The average molecular weight is 561 g/mol. The number of carbonyl (C=O) groups is 1. The van der Waals surface area contributed by atoms with Crippen LogP contribution in [-0.2, 0) is 21.2 Å². The minimum Gasteiger partial charge on any atom is -0.461 e. The Morgan fingerprint density at radius 3 is 2.38 bits per heavy atom. The Kier molecular flexibility index (Phi) is 7.29. The number of thiazole rings is 1. The summed E-state index contributed by atoms with van der Waals surface area (Å²) in [5.74, 6) is -0.564. The standard InChI is InChI=1S/C28H24N4O5S2/c1-2-37-27(34)24-17-38-28(30-24)32-26(33)23(15-18-11-13-22(14-12-18)39(29,35)36)25(31-32)21-10-6-9-20(16-21)19-7-4-3-5-8-19/h3-14,16-17,31H,2,15H2,1H3,(H2,29,35,36). The number of rotatable bonds is 8. The van der Waals surface area contributed by atoms with Crippen LogP contribution in [0.2, 0.25) is 0 Å². The highest BCUT2D eigenvalue weighted by atomic mass is 32.2. The van der Waals surface area contributed by atoms with Gasteiger partial charge < -0.3 is 4.74 Å². The van der Waals surface area contributed by atoms with Crippen molar-refractivity contribution in [3.05, 3.63) is 111 Å². The number of ether oxygens (including phenoxy) is 1. The number of sulfonamides is 1. The number of nitrogens with two attached hydrogens (primary N) is 1. The third kappa shape index (κ3) is 5.60. The van der Waals surface area contributed by atoms with Crippen LogP contribution < -0.4 is 10.7 Å². The molecule has 0 unspecified atom stereocenters. The van der Waals surface area contributed by atoms with E-state index in [-0.39, 0.29) is 29.2 Å². The average Bonchev–Trinajstić information content (AvgIpc) is 3.55. The molecule has 5 rings (SSSR count). The molecule has 0 radical (unpaired) electrons. The van der Waals surface area contributed by atoms with Gasteiger partial charge in [0, 0.05) is 22.9 Å². The third-order valence-electron chi connectivity index (χ3n) is 6.05. The zero-order chi connectivity index (χ0) is 27.6. The van der Waals surface area contributed by atoms with Gasteiger partial charge in [0.25, 0.3) is 5.56 Å². The lowest BCUT2D eigenvalue weighted by molar-refractivity contribution is 0.0520. The summed E-state index contributed by atoms with van der Waals surface area (Å²) in [6.07, 6.45) is 0.217. The number of hydrogen-bond donors (Lipinski definition) is 2. The monoisotopic (exact) mass is 560 g/mol. The summed E-state index contributed by atoms with van der Waals surface area (Å²) in [6, 6.07) is 23.8. The number of nitrogens with one attached hydrogen (secondary N) is 1. The lowest BCUT2D eigenvalue weighted by Gasteiger charge is -2.07. The molecule has 5 aromatic rings. The summed E-state index contributed by atoms with van der Waals surface area (Å²) >= 11 is 1.14. The number of primary sulfonamides is 1. The van der Waals surface area contributed by atoms with Crippen molar-refractivity contribution >= 4 is 27.3 Å². The number of nitrogens with zero attached hydrogens (tertiary/aromatic N) is 2. The van der Waals surface area contributed by atoms with E-state index in [1.807, 2.05) is 54.6 Å². The highest BCUT2D eigenvalue weighted by Gasteiger charge is 2.21. The van der Waals surface area contributed by atoms with Gasteiger partial charge in [0.15, 0.2) is 5.69 Å². The molecule has 0 spiro atoms. The van der Waals surface area contributed by atoms with Crippen LogP contribution in [-0.4, -0.2) is 35.8 Å². The summed E-state index contributed by atoms with van der Waals surface area (Å²) in [7, 11) is -3.84. The Hall–Kier alpha value is -4.32. The second kappa shape index (κ2) is 10.8. The molecule has 0 aliphatic heterocycles. The smallest absolute Gasteiger partial charge is 0.357 e. The summed E-state index contributed by atoms with van der Waals surface area (Å²) in [5.41, 5.74) is 4.33. The van der Waals surface area contributed by atoms with Gasteiger partial charge in [-0.05, 0) is 41.8 Å². The van der Waals surface area contributed by atoms with E-state index in [1.165, 1.54) is 16.8 Å². The van der Waals surface area contributed by atoms with E-state index in [2.05, 4.69) is 10.1 Å². The fourth-order valence-electron chi connectivity index (χ4n) is 4.16. The van der Waals surface area contributed by atoms with Gasteiger partial charge >= 0.3 is 5.97 Å². The largest absolute Gasteiger partial charge is 0.461 e. The second-order valence-corrected chi connectivity index (χ2v) is 11.1. The zero-order valence-electron chi connectivity index (χ0n) is 20.8. The van der Waals surface area contributed by atoms with Gasteiger partial charge in [0.2, 0.25) is 15.2 Å². The molecular weight excluding hydrogens is 536 g/mol. The molecule has 198 valence electrons. The van der Waals surface area contributed by atoms with E-state index in [1.54, 1.807) is 24.4 Å². The molecule has 2 heterocycles. The number of aromatic amines is 1. The normalized spacial score (nSPS) is 11.4. The molecule has 0 aliphatic rings. The summed E-state index contributed by atoms with van der Waals surface area (Å²) < 4.78 is 29.7. The lowest BCUT2D eigenvalue weighted by Crippen LogP contribution is -2.18. The van der Waals surface area contributed by atoms with E-state index in [9.17, 15) is 18.0 Å². The minimum atomic E-state index is -3.84. The first-order valence-electron chi connectivity index (χ1n) is 12.0. The summed E-state index contributed by atoms with van der Waals surface area (Å²) in [5, 5.41) is 10.3. The second-order valence-electron chi connectivity index (χ2n) is 8.65. The predicted molar refractivity (Wildman–Crippen MR) is 150 cm³/mol. The Bertz CT molecular complexity index is 1800. The molecule has 0 saturated carbocycles. The van der Waals surface area contributed by atoms with Gasteiger partial charge in [-0.15, -0.1) is 11.3 Å². The van der Waals surface area contributed by atoms with E-state index in [4.69, 9.17) is 9.88 Å². The van der Waals surface area contributed by atoms with Gasteiger partial charge in [-0.2, -0.15) is 4.68 Å². The number of hydrogen-bond acceptors (Lipinski definition) is 7. The zero-order valence-corrected chi connectivity index (χ0v) is 22.5. The fourth-order valence-corrected chi connectivity index (χ4v) is 5.43. The maximum absolute atomic E-state index is 13.7. The van der Waals surface area contributed by atoms with Gasteiger partial charge in [-0.1, -0.05) is 60.7 Å². The van der Waals surface area contributed by atoms with Crippen LogP contribution in [0.5, 0.6) is 0 Å². The Labute approximate surface area is 228 Å². The molecule has 39 heavy (non-hydrogen) atoms. The minimum absolute atomic E-state index is 0.0113. The molecule has 11 heteroatoms. The number of benzene rings is 3. The van der Waals surface area contributed by atoms with Crippen molar-refractivity contribution in [2.75, 3.05) is 6.61 Å². The molecule has 9 nitrogen and oxygen atoms in total. The summed E-state index contributed by atoms with van der Waals surface area (Å²) in [4.78, 5) is 30.2. The maximum atomic E-state index is 13.7. The third-order valence-corrected chi connectivity index (χ3v) is 7.80. The quantitative estimate of drug-likeness (QED) is 0.270. The van der Waals surface area contributed by atoms with Crippen molar-refractivity contribution in [1.82, 2.24) is 14.8 Å². The van der Waals surface area contributed by atoms with Crippen LogP contribution in [0.15, 0.2) is 93.9 Å². The fraction of sp³-hybridized carbons (Fsp3) is 0.107. The Morgan fingerprint density at radius 2 is 1.69 bits per heavy atom. The molecule has 3 N–H and O–H groups in total. The van der Waals surface area contributed by atoms with Crippen LogP contribution in [0, 0.1) is 0 Å². The molecule has 0 bridgehead atoms. The molecule has 3 aromatic carbocycles. The van der Waals surface area contributed by atoms with E-state index in [0.717, 1.165) is 33.6 Å². The Morgan fingerprint density at radius 1 is 1.00 bits per heavy atom. The van der Waals surface area contributed by atoms with Crippen LogP contribution in [0.3, 0.4) is 0 Å². The SMILES string of the molecule is CCOC(=O)c1csc(-n2[nH]c(-c3cccc(-c4ccccc4)c3)c(Cc3ccc(S(N)(=O)=O)cc3)c2=O)n1. The molecule has 0 fully saturated rings. The molecule has 0 aliphatic carbocycles. The lowest BCUT2D eigenvalue weighted by atomic mass is 9.98. The van der Waals surface area contributed by atoms with Gasteiger partial charge in [-0.3, -0.25) is 9.89 Å².